The number of carbonyl (C=O) groups is 1. The minimum Gasteiger partial charge on any atom is -0.493 e. The predicted octanol–water partition coefficient (Wildman–Crippen LogP) is 0.896. The van der Waals surface area contributed by atoms with Crippen LogP contribution in [0.25, 0.3) is 0 Å². The van der Waals surface area contributed by atoms with Gasteiger partial charge in [0, 0.05) is 6.42 Å². The summed E-state index contributed by atoms with van der Waals surface area (Å²) in [5.74, 6) is 1.27. The molecule has 17 heavy (non-hydrogen) atoms. The van der Waals surface area contributed by atoms with Crippen LogP contribution >= 0.6 is 0 Å². The van der Waals surface area contributed by atoms with Gasteiger partial charge in [0.1, 0.15) is 5.84 Å². The van der Waals surface area contributed by atoms with Crippen LogP contribution in [0.1, 0.15) is 11.1 Å². The minimum atomic E-state index is -0.166. The predicted molar refractivity (Wildman–Crippen MR) is 62.8 cm³/mol. The molecule has 1 aromatic rings. The lowest BCUT2D eigenvalue weighted by Gasteiger charge is -2.12. The fourth-order valence-electron chi connectivity index (χ4n) is 1.91. The van der Waals surface area contributed by atoms with E-state index < -0.39 is 0 Å². The van der Waals surface area contributed by atoms with Crippen LogP contribution in [0.15, 0.2) is 12.1 Å². The van der Waals surface area contributed by atoms with Crippen molar-refractivity contribution in [3.8, 4) is 11.5 Å². The molecular weight excluding hydrogens is 220 g/mol. The van der Waals surface area contributed by atoms with Gasteiger partial charge in [-0.05, 0) is 23.3 Å². The maximum Gasteiger partial charge on any atom is 0.229 e. The van der Waals surface area contributed by atoms with Crippen LogP contribution < -0.4 is 14.8 Å². The van der Waals surface area contributed by atoms with Gasteiger partial charge in [-0.2, -0.15) is 0 Å². The van der Waals surface area contributed by atoms with Gasteiger partial charge in [0.05, 0.1) is 20.6 Å². The smallest absolute Gasteiger partial charge is 0.229 e. The third-order valence-electron chi connectivity index (χ3n) is 2.71. The second kappa shape index (κ2) is 4.45. The molecule has 90 valence electrons. The number of hydrogen-bond acceptors (Lipinski definition) is 4. The average Bonchev–Trinajstić information content (AvgIpc) is 2.43. The molecule has 0 atom stereocenters. The van der Waals surface area contributed by atoms with Crippen LogP contribution in [-0.2, 0) is 17.6 Å². The number of methoxy groups -OCH3 is 2. The number of amides is 1. The van der Waals surface area contributed by atoms with Gasteiger partial charge >= 0.3 is 0 Å². The lowest BCUT2D eigenvalue weighted by molar-refractivity contribution is -0.119. The Kier molecular flexibility index (Phi) is 2.99. The third kappa shape index (κ3) is 2.22. The molecule has 0 spiro atoms. The van der Waals surface area contributed by atoms with Gasteiger partial charge < -0.3 is 14.8 Å². The molecule has 1 amide bonds. The zero-order chi connectivity index (χ0) is 12.4. The quantitative estimate of drug-likeness (QED) is 0.798. The first-order valence-electron chi connectivity index (χ1n) is 5.25. The number of benzene rings is 1. The molecule has 0 fully saturated rings. The topological polar surface area (TPSA) is 71.4 Å². The molecule has 1 heterocycles. The van der Waals surface area contributed by atoms with Crippen molar-refractivity contribution in [2.24, 2.45) is 0 Å². The highest BCUT2D eigenvalue weighted by atomic mass is 16.5. The van der Waals surface area contributed by atoms with Gasteiger partial charge in [0.15, 0.2) is 11.5 Å². The number of hydrogen-bond donors (Lipinski definition) is 2. The molecule has 0 unspecified atom stereocenters. The molecule has 1 aliphatic rings. The second-order valence-corrected chi connectivity index (χ2v) is 3.86. The molecule has 0 bridgehead atoms. The highest BCUT2D eigenvalue weighted by Gasteiger charge is 2.19. The Bertz CT molecular complexity index is 440. The second-order valence-electron chi connectivity index (χ2n) is 3.86. The highest BCUT2D eigenvalue weighted by Crippen LogP contribution is 2.31. The number of nitrogens with one attached hydrogen (secondary N) is 2. The summed E-state index contributed by atoms with van der Waals surface area (Å²) in [7, 11) is 3.12. The van der Waals surface area contributed by atoms with E-state index in [1.807, 2.05) is 6.07 Å². The summed E-state index contributed by atoms with van der Waals surface area (Å²) < 4.78 is 10.4. The number of amidine groups is 1. The minimum absolute atomic E-state index is 0.166. The molecule has 0 saturated heterocycles. The number of carbonyl (C=O) groups excluding carboxylic acids is 1. The van der Waals surface area contributed by atoms with Crippen molar-refractivity contribution < 1.29 is 14.3 Å². The van der Waals surface area contributed by atoms with E-state index >= 15 is 0 Å². The van der Waals surface area contributed by atoms with Crippen LogP contribution in [0.4, 0.5) is 0 Å². The van der Waals surface area contributed by atoms with Crippen molar-refractivity contribution in [1.29, 1.82) is 5.41 Å². The van der Waals surface area contributed by atoms with E-state index in [-0.39, 0.29) is 18.2 Å². The summed E-state index contributed by atoms with van der Waals surface area (Å²) >= 11 is 0. The van der Waals surface area contributed by atoms with Gasteiger partial charge in [0.25, 0.3) is 0 Å². The van der Waals surface area contributed by atoms with Crippen LogP contribution in [0, 0.1) is 5.41 Å². The van der Waals surface area contributed by atoms with Crippen molar-refractivity contribution in [1.82, 2.24) is 5.32 Å². The van der Waals surface area contributed by atoms with Gasteiger partial charge in [0.2, 0.25) is 5.91 Å². The lowest BCUT2D eigenvalue weighted by atomic mass is 10.0. The van der Waals surface area contributed by atoms with Gasteiger partial charge in [-0.3, -0.25) is 10.2 Å². The molecule has 1 aliphatic heterocycles. The van der Waals surface area contributed by atoms with Gasteiger partial charge in [-0.15, -0.1) is 0 Å². The van der Waals surface area contributed by atoms with E-state index in [1.165, 1.54) is 0 Å². The van der Waals surface area contributed by atoms with Crippen LogP contribution in [0.3, 0.4) is 0 Å². The maximum atomic E-state index is 11.5. The van der Waals surface area contributed by atoms with Crippen LogP contribution in [0.5, 0.6) is 11.5 Å². The zero-order valence-corrected chi connectivity index (χ0v) is 9.79. The zero-order valence-electron chi connectivity index (χ0n) is 9.79. The summed E-state index contributed by atoms with van der Waals surface area (Å²) in [6, 6.07) is 3.62. The van der Waals surface area contributed by atoms with Gasteiger partial charge in [-0.1, -0.05) is 0 Å². The molecule has 0 saturated carbocycles. The monoisotopic (exact) mass is 234 g/mol. The van der Waals surface area contributed by atoms with Crippen molar-refractivity contribution in [3.05, 3.63) is 23.3 Å². The maximum absolute atomic E-state index is 11.5. The normalized spacial score (nSPS) is 14.7. The molecule has 2 rings (SSSR count). The number of ether oxygens (including phenoxy) is 2. The average molecular weight is 234 g/mol. The molecule has 5 nitrogen and oxygen atoms in total. The Hall–Kier alpha value is -2.04. The fourth-order valence-corrected chi connectivity index (χ4v) is 1.91. The number of fused-ring (bicyclic) bond motifs is 1. The first-order chi connectivity index (χ1) is 8.13. The van der Waals surface area contributed by atoms with Crippen molar-refractivity contribution in [3.63, 3.8) is 0 Å². The summed E-state index contributed by atoms with van der Waals surface area (Å²) in [5.41, 5.74) is 1.80. The van der Waals surface area contributed by atoms with Crippen molar-refractivity contribution >= 4 is 11.7 Å². The highest BCUT2D eigenvalue weighted by molar-refractivity contribution is 6.00. The lowest BCUT2D eigenvalue weighted by Crippen LogP contribution is -2.29. The van der Waals surface area contributed by atoms with E-state index in [0.717, 1.165) is 11.1 Å². The van der Waals surface area contributed by atoms with Crippen molar-refractivity contribution in [2.45, 2.75) is 12.8 Å². The Morgan fingerprint density at radius 3 is 2.18 bits per heavy atom. The molecule has 0 aliphatic carbocycles. The van der Waals surface area contributed by atoms with E-state index in [1.54, 1.807) is 20.3 Å². The van der Waals surface area contributed by atoms with E-state index in [9.17, 15) is 4.79 Å². The Labute approximate surface area is 99.2 Å². The summed E-state index contributed by atoms with van der Waals surface area (Å²) in [6.07, 6.45) is 0.666. The largest absolute Gasteiger partial charge is 0.493 e. The molecule has 1 aromatic carbocycles. The first kappa shape index (κ1) is 11.4. The van der Waals surface area contributed by atoms with E-state index in [2.05, 4.69) is 5.32 Å². The fraction of sp³-hybridized carbons (Fsp3) is 0.333. The van der Waals surface area contributed by atoms with E-state index in [0.29, 0.717) is 17.9 Å². The molecule has 2 N–H and O–H groups in total. The van der Waals surface area contributed by atoms with Crippen molar-refractivity contribution in [2.75, 3.05) is 14.2 Å². The molecule has 0 aromatic heterocycles. The molecule has 0 radical (unpaired) electrons. The van der Waals surface area contributed by atoms with Gasteiger partial charge in [-0.25, -0.2) is 0 Å². The Morgan fingerprint density at radius 1 is 1.12 bits per heavy atom. The van der Waals surface area contributed by atoms with Crippen LogP contribution in [-0.4, -0.2) is 26.0 Å². The third-order valence-corrected chi connectivity index (χ3v) is 2.71. The standard InChI is InChI=1S/C12H14N2O3/c1-16-9-3-7-5-11(13)14-12(15)6-8(7)4-10(9)17-2/h3-4H,5-6H2,1-2H3,(H2,13,14,15). The van der Waals surface area contributed by atoms with E-state index in [4.69, 9.17) is 14.9 Å². The molecule has 5 heteroatoms. The molecular formula is C12H14N2O3. The first-order valence-corrected chi connectivity index (χ1v) is 5.25. The number of rotatable bonds is 2. The Balaban J connectivity index is 2.50. The Morgan fingerprint density at radius 2 is 1.65 bits per heavy atom. The SMILES string of the molecule is COc1cc2c(cc1OC)CC(=O)NC(=N)C2. The summed E-state index contributed by atoms with van der Waals surface area (Å²) in [6.45, 7) is 0. The van der Waals surface area contributed by atoms with Crippen LogP contribution in [0.2, 0.25) is 0 Å². The summed E-state index contributed by atoms with van der Waals surface area (Å²) in [4.78, 5) is 11.5. The summed E-state index contributed by atoms with van der Waals surface area (Å²) in [5, 5.41) is 10.1.